The summed E-state index contributed by atoms with van der Waals surface area (Å²) in [4.78, 5) is 0. The van der Waals surface area contributed by atoms with Gasteiger partial charge in [0.15, 0.2) is 5.15 Å². The lowest BCUT2D eigenvalue weighted by Crippen LogP contribution is -1.92. The van der Waals surface area contributed by atoms with Crippen molar-refractivity contribution in [1.29, 1.82) is 0 Å². The Bertz CT molecular complexity index is 445. The van der Waals surface area contributed by atoms with Gasteiger partial charge in [0.1, 0.15) is 0 Å². The van der Waals surface area contributed by atoms with E-state index < -0.39 is 0 Å². The molecule has 0 N–H and O–H groups in total. The predicted molar refractivity (Wildman–Crippen MR) is 51.1 cm³/mol. The van der Waals surface area contributed by atoms with Gasteiger partial charge in [0.2, 0.25) is 5.88 Å². The Morgan fingerprint density at radius 3 is 2.54 bits per heavy atom. The summed E-state index contributed by atoms with van der Waals surface area (Å²) in [6.45, 7) is 0. The second kappa shape index (κ2) is 3.18. The molecule has 13 heavy (non-hydrogen) atoms. The normalized spacial score (nSPS) is 10.3. The highest BCUT2D eigenvalue weighted by Gasteiger charge is 2.05. The van der Waals surface area contributed by atoms with E-state index in [2.05, 4.69) is 10.2 Å². The fourth-order valence-corrected chi connectivity index (χ4v) is 1.40. The number of nitrogens with zero attached hydrogens (tertiary/aromatic N) is 2. The highest BCUT2D eigenvalue weighted by atomic mass is 35.5. The van der Waals surface area contributed by atoms with Gasteiger partial charge in [-0.25, -0.2) is 0 Å². The molecule has 0 spiro atoms. The standard InChI is InChI=1S/C9H7ClN2O/c1-13-9-7-5-3-2-4-6(7)8(10)11-12-9/h2-5H,1H3. The van der Waals surface area contributed by atoms with E-state index in [0.717, 1.165) is 10.8 Å². The third-order valence-electron chi connectivity index (χ3n) is 1.80. The van der Waals surface area contributed by atoms with Crippen LogP contribution < -0.4 is 4.74 Å². The largest absolute Gasteiger partial charge is 0.479 e. The summed E-state index contributed by atoms with van der Waals surface area (Å²) in [6.07, 6.45) is 0. The molecule has 1 aromatic heterocycles. The molecule has 1 aromatic carbocycles. The zero-order valence-corrected chi connectivity index (χ0v) is 7.75. The maximum atomic E-state index is 5.86. The van der Waals surface area contributed by atoms with Crippen LogP contribution in [0.2, 0.25) is 5.15 Å². The number of methoxy groups -OCH3 is 1. The molecule has 0 amide bonds. The van der Waals surface area contributed by atoms with Crippen LogP contribution in [0.25, 0.3) is 10.8 Å². The molecule has 1 heterocycles. The topological polar surface area (TPSA) is 35.0 Å². The van der Waals surface area contributed by atoms with Gasteiger partial charge in [-0.2, -0.15) is 0 Å². The van der Waals surface area contributed by atoms with Crippen LogP contribution in [0.3, 0.4) is 0 Å². The maximum absolute atomic E-state index is 5.86. The molecule has 0 saturated heterocycles. The minimum atomic E-state index is 0.399. The number of ether oxygens (including phenoxy) is 1. The number of hydrogen-bond acceptors (Lipinski definition) is 3. The monoisotopic (exact) mass is 194 g/mol. The van der Waals surface area contributed by atoms with Crippen molar-refractivity contribution in [2.45, 2.75) is 0 Å². The van der Waals surface area contributed by atoms with Crippen molar-refractivity contribution in [1.82, 2.24) is 10.2 Å². The molecule has 3 nitrogen and oxygen atoms in total. The first kappa shape index (κ1) is 8.26. The molecule has 0 atom stereocenters. The number of aromatic nitrogens is 2. The van der Waals surface area contributed by atoms with Crippen molar-refractivity contribution >= 4 is 22.4 Å². The molecule has 2 aromatic rings. The lowest BCUT2D eigenvalue weighted by Gasteiger charge is -2.03. The lowest BCUT2D eigenvalue weighted by atomic mass is 10.2. The molecule has 0 aliphatic heterocycles. The molecule has 0 aliphatic carbocycles. The highest BCUT2D eigenvalue weighted by molar-refractivity contribution is 6.34. The highest BCUT2D eigenvalue weighted by Crippen LogP contribution is 2.26. The number of benzene rings is 1. The zero-order chi connectivity index (χ0) is 9.26. The third kappa shape index (κ3) is 1.31. The fraction of sp³-hybridized carbons (Fsp3) is 0.111. The molecule has 2 rings (SSSR count). The summed E-state index contributed by atoms with van der Waals surface area (Å²) in [5.41, 5.74) is 0. The first-order valence-electron chi connectivity index (χ1n) is 3.78. The van der Waals surface area contributed by atoms with Crippen LogP contribution in [0.15, 0.2) is 24.3 Å². The van der Waals surface area contributed by atoms with Crippen LogP contribution >= 0.6 is 11.6 Å². The van der Waals surface area contributed by atoms with Crippen LogP contribution in [0.4, 0.5) is 0 Å². The molecule has 0 radical (unpaired) electrons. The Kier molecular flexibility index (Phi) is 2.02. The maximum Gasteiger partial charge on any atom is 0.241 e. The number of hydrogen-bond donors (Lipinski definition) is 0. The van der Waals surface area contributed by atoms with Crippen LogP contribution in [0.5, 0.6) is 5.88 Å². The van der Waals surface area contributed by atoms with E-state index in [9.17, 15) is 0 Å². The van der Waals surface area contributed by atoms with Gasteiger partial charge in [0.25, 0.3) is 0 Å². The zero-order valence-electron chi connectivity index (χ0n) is 6.99. The Morgan fingerprint density at radius 1 is 1.15 bits per heavy atom. The summed E-state index contributed by atoms with van der Waals surface area (Å²) in [5.74, 6) is 0.500. The second-order valence-corrected chi connectivity index (χ2v) is 2.90. The molecular weight excluding hydrogens is 188 g/mol. The summed E-state index contributed by atoms with van der Waals surface area (Å²) in [7, 11) is 1.56. The summed E-state index contributed by atoms with van der Waals surface area (Å²) >= 11 is 5.86. The average molecular weight is 195 g/mol. The molecule has 0 bridgehead atoms. The van der Waals surface area contributed by atoms with E-state index in [4.69, 9.17) is 16.3 Å². The van der Waals surface area contributed by atoms with Gasteiger partial charge >= 0.3 is 0 Å². The van der Waals surface area contributed by atoms with Crippen molar-refractivity contribution in [3.05, 3.63) is 29.4 Å². The lowest BCUT2D eigenvalue weighted by molar-refractivity contribution is 0.398. The molecular formula is C9H7ClN2O. The average Bonchev–Trinajstić information content (AvgIpc) is 2.19. The van der Waals surface area contributed by atoms with Crippen LogP contribution in [-0.4, -0.2) is 17.3 Å². The van der Waals surface area contributed by atoms with Gasteiger partial charge in [-0.15, -0.1) is 10.2 Å². The third-order valence-corrected chi connectivity index (χ3v) is 2.08. The number of fused-ring (bicyclic) bond motifs is 1. The van der Waals surface area contributed by atoms with Gasteiger partial charge in [-0.1, -0.05) is 29.8 Å². The van der Waals surface area contributed by atoms with E-state index in [1.54, 1.807) is 7.11 Å². The van der Waals surface area contributed by atoms with Crippen molar-refractivity contribution < 1.29 is 4.74 Å². The van der Waals surface area contributed by atoms with Gasteiger partial charge in [-0.3, -0.25) is 0 Å². The Balaban J connectivity index is 2.84. The van der Waals surface area contributed by atoms with Gasteiger partial charge in [0, 0.05) is 10.8 Å². The van der Waals surface area contributed by atoms with E-state index in [-0.39, 0.29) is 0 Å². The summed E-state index contributed by atoms with van der Waals surface area (Å²) in [6, 6.07) is 7.59. The van der Waals surface area contributed by atoms with E-state index in [0.29, 0.717) is 11.0 Å². The van der Waals surface area contributed by atoms with Gasteiger partial charge in [0.05, 0.1) is 7.11 Å². The van der Waals surface area contributed by atoms with E-state index in [1.165, 1.54) is 0 Å². The van der Waals surface area contributed by atoms with Gasteiger partial charge < -0.3 is 4.74 Å². The molecule has 4 heteroatoms. The quantitative estimate of drug-likeness (QED) is 0.699. The van der Waals surface area contributed by atoms with Crippen molar-refractivity contribution in [2.24, 2.45) is 0 Å². The van der Waals surface area contributed by atoms with Crippen molar-refractivity contribution in [3.8, 4) is 5.88 Å². The minimum absolute atomic E-state index is 0.399. The van der Waals surface area contributed by atoms with E-state index in [1.807, 2.05) is 24.3 Å². The molecule has 66 valence electrons. The molecule has 0 saturated carbocycles. The van der Waals surface area contributed by atoms with Crippen molar-refractivity contribution in [3.63, 3.8) is 0 Å². The first-order chi connectivity index (χ1) is 6.33. The smallest absolute Gasteiger partial charge is 0.241 e. The van der Waals surface area contributed by atoms with Gasteiger partial charge in [-0.05, 0) is 6.07 Å². The molecule has 0 fully saturated rings. The van der Waals surface area contributed by atoms with Crippen LogP contribution in [-0.2, 0) is 0 Å². The van der Waals surface area contributed by atoms with Crippen LogP contribution in [0.1, 0.15) is 0 Å². The predicted octanol–water partition coefficient (Wildman–Crippen LogP) is 2.29. The first-order valence-corrected chi connectivity index (χ1v) is 4.15. The summed E-state index contributed by atoms with van der Waals surface area (Å²) < 4.78 is 5.05. The number of halogens is 1. The molecule has 0 unspecified atom stereocenters. The minimum Gasteiger partial charge on any atom is -0.479 e. The Hall–Kier alpha value is -1.35. The summed E-state index contributed by atoms with van der Waals surface area (Å²) in [5, 5.41) is 9.73. The fourth-order valence-electron chi connectivity index (χ4n) is 1.20. The second-order valence-electron chi connectivity index (χ2n) is 2.55. The SMILES string of the molecule is COc1nnc(Cl)c2ccccc12. The van der Waals surface area contributed by atoms with Crippen molar-refractivity contribution in [2.75, 3.05) is 7.11 Å². The Morgan fingerprint density at radius 2 is 1.85 bits per heavy atom. The van der Waals surface area contributed by atoms with Crippen LogP contribution in [0, 0.1) is 0 Å². The van der Waals surface area contributed by atoms with E-state index >= 15 is 0 Å². The molecule has 0 aliphatic rings. The Labute approximate surface area is 80.3 Å². The number of rotatable bonds is 1.